The van der Waals surface area contributed by atoms with E-state index >= 15 is 0 Å². The smallest absolute Gasteiger partial charge is 0.319 e. The summed E-state index contributed by atoms with van der Waals surface area (Å²) < 4.78 is 0. The summed E-state index contributed by atoms with van der Waals surface area (Å²) in [7, 11) is 0. The summed E-state index contributed by atoms with van der Waals surface area (Å²) in [6.07, 6.45) is 2.22. The number of fused-ring (bicyclic) bond motifs is 1. The fourth-order valence-electron chi connectivity index (χ4n) is 3.62. The van der Waals surface area contributed by atoms with E-state index in [2.05, 4.69) is 48.0 Å². The number of rotatable bonds is 5. The average Bonchev–Trinajstić information content (AvgIpc) is 2.65. The van der Waals surface area contributed by atoms with Crippen LogP contribution in [-0.2, 0) is 10.2 Å². The van der Waals surface area contributed by atoms with Crippen LogP contribution in [0, 0.1) is 0 Å². The molecule has 2 aromatic rings. The lowest BCUT2D eigenvalue weighted by atomic mass is 9.71. The van der Waals surface area contributed by atoms with Crippen molar-refractivity contribution in [1.29, 1.82) is 0 Å². The van der Waals surface area contributed by atoms with E-state index in [0.717, 1.165) is 18.5 Å². The van der Waals surface area contributed by atoms with Crippen LogP contribution in [0.2, 0.25) is 0 Å². The van der Waals surface area contributed by atoms with Crippen molar-refractivity contribution >= 4 is 17.6 Å². The highest BCUT2D eigenvalue weighted by Crippen LogP contribution is 2.41. The number of carbonyl (C=O) groups excluding carboxylic acids is 2. The van der Waals surface area contributed by atoms with Crippen LogP contribution in [0.25, 0.3) is 0 Å². The first-order valence-electron chi connectivity index (χ1n) is 9.44. The lowest BCUT2D eigenvalue weighted by molar-refractivity contribution is -0.121. The Morgan fingerprint density at radius 1 is 1.04 bits per heavy atom. The zero-order valence-electron chi connectivity index (χ0n) is 15.9. The summed E-state index contributed by atoms with van der Waals surface area (Å²) in [5, 5.41) is 8.58. The van der Waals surface area contributed by atoms with Gasteiger partial charge in [0.25, 0.3) is 0 Å². The maximum atomic E-state index is 12.3. The third-order valence-electron chi connectivity index (χ3n) is 5.13. The summed E-state index contributed by atoms with van der Waals surface area (Å²) in [5.41, 5.74) is 3.37. The summed E-state index contributed by atoms with van der Waals surface area (Å²) >= 11 is 0. The molecule has 0 fully saturated rings. The van der Waals surface area contributed by atoms with Gasteiger partial charge in [0, 0.05) is 18.7 Å². The molecule has 27 heavy (non-hydrogen) atoms. The Morgan fingerprint density at radius 2 is 1.74 bits per heavy atom. The van der Waals surface area contributed by atoms with Crippen LogP contribution in [0.15, 0.2) is 54.6 Å². The third kappa shape index (κ3) is 4.88. The van der Waals surface area contributed by atoms with E-state index in [1.54, 1.807) is 0 Å². The van der Waals surface area contributed by atoms with Gasteiger partial charge in [-0.25, -0.2) is 4.79 Å². The number of hydrogen-bond acceptors (Lipinski definition) is 2. The van der Waals surface area contributed by atoms with E-state index in [1.165, 1.54) is 11.1 Å². The molecule has 0 aromatic heterocycles. The monoisotopic (exact) mass is 365 g/mol. The maximum Gasteiger partial charge on any atom is 0.319 e. The molecule has 5 heteroatoms. The van der Waals surface area contributed by atoms with Crippen molar-refractivity contribution in [1.82, 2.24) is 10.6 Å². The number of amides is 3. The second kappa shape index (κ2) is 8.25. The number of benzene rings is 2. The van der Waals surface area contributed by atoms with Crippen molar-refractivity contribution in [2.24, 2.45) is 0 Å². The molecule has 1 aliphatic rings. The molecule has 5 nitrogen and oxygen atoms in total. The lowest BCUT2D eigenvalue weighted by Crippen LogP contribution is -2.37. The van der Waals surface area contributed by atoms with Gasteiger partial charge in [-0.3, -0.25) is 4.79 Å². The standard InChI is InChI=1S/C22H27N3O2/c1-22(2)14-12-19(17-10-6-7-11-18(17)22)25-20(26)13-15-23-21(27)24-16-8-4-3-5-9-16/h3-11,19H,12-15H2,1-2H3,(H,25,26)(H2,23,24,27). The molecule has 0 spiro atoms. The van der Waals surface area contributed by atoms with Gasteiger partial charge in [-0.1, -0.05) is 56.3 Å². The Hall–Kier alpha value is -2.82. The van der Waals surface area contributed by atoms with Gasteiger partial charge in [0.15, 0.2) is 0 Å². The molecule has 1 aliphatic carbocycles. The zero-order chi connectivity index (χ0) is 19.3. The van der Waals surface area contributed by atoms with Crippen molar-refractivity contribution in [3.63, 3.8) is 0 Å². The molecule has 2 aromatic carbocycles. The zero-order valence-corrected chi connectivity index (χ0v) is 15.9. The first kappa shape index (κ1) is 19.0. The number of nitrogens with one attached hydrogen (secondary N) is 3. The predicted octanol–water partition coefficient (Wildman–Crippen LogP) is 4.13. The topological polar surface area (TPSA) is 70.2 Å². The molecule has 0 radical (unpaired) electrons. The van der Waals surface area contributed by atoms with Crippen LogP contribution in [0.4, 0.5) is 10.5 Å². The normalized spacial score (nSPS) is 17.5. The second-order valence-corrected chi connectivity index (χ2v) is 7.63. The first-order valence-corrected chi connectivity index (χ1v) is 9.44. The van der Waals surface area contributed by atoms with Crippen molar-refractivity contribution in [3.8, 4) is 0 Å². The van der Waals surface area contributed by atoms with Gasteiger partial charge < -0.3 is 16.0 Å². The molecule has 1 atom stereocenters. The molecular formula is C22H27N3O2. The molecule has 0 bridgehead atoms. The Labute approximate surface area is 160 Å². The fourth-order valence-corrected chi connectivity index (χ4v) is 3.62. The van der Waals surface area contributed by atoms with Gasteiger partial charge in [-0.15, -0.1) is 0 Å². The highest BCUT2D eigenvalue weighted by molar-refractivity contribution is 5.89. The van der Waals surface area contributed by atoms with Crippen molar-refractivity contribution in [2.75, 3.05) is 11.9 Å². The van der Waals surface area contributed by atoms with Gasteiger partial charge in [0.1, 0.15) is 0 Å². The minimum Gasteiger partial charge on any atom is -0.349 e. The van der Waals surface area contributed by atoms with Gasteiger partial charge in [0.05, 0.1) is 6.04 Å². The Morgan fingerprint density at radius 3 is 2.52 bits per heavy atom. The average molecular weight is 365 g/mol. The van der Waals surface area contributed by atoms with Crippen molar-refractivity contribution in [3.05, 3.63) is 65.7 Å². The molecule has 0 heterocycles. The first-order chi connectivity index (χ1) is 13.0. The third-order valence-corrected chi connectivity index (χ3v) is 5.13. The van der Waals surface area contributed by atoms with Gasteiger partial charge in [-0.05, 0) is 41.5 Å². The Balaban J connectivity index is 1.48. The van der Waals surface area contributed by atoms with Crippen LogP contribution >= 0.6 is 0 Å². The molecule has 3 rings (SSSR count). The highest BCUT2D eigenvalue weighted by atomic mass is 16.2. The van der Waals surface area contributed by atoms with E-state index in [0.29, 0.717) is 6.54 Å². The van der Waals surface area contributed by atoms with Crippen LogP contribution in [0.1, 0.15) is 50.3 Å². The van der Waals surface area contributed by atoms with Crippen LogP contribution < -0.4 is 16.0 Å². The second-order valence-electron chi connectivity index (χ2n) is 7.63. The SMILES string of the molecule is CC1(C)CCC(NC(=O)CCNC(=O)Nc2ccccc2)c2ccccc21. The van der Waals surface area contributed by atoms with E-state index in [-0.39, 0.29) is 29.8 Å². The van der Waals surface area contributed by atoms with Crippen molar-refractivity contribution in [2.45, 2.75) is 44.6 Å². The van der Waals surface area contributed by atoms with E-state index < -0.39 is 0 Å². The lowest BCUT2D eigenvalue weighted by Gasteiger charge is -2.37. The van der Waals surface area contributed by atoms with E-state index in [4.69, 9.17) is 0 Å². The summed E-state index contributed by atoms with van der Waals surface area (Å²) in [6, 6.07) is 17.3. The summed E-state index contributed by atoms with van der Waals surface area (Å²) in [4.78, 5) is 24.2. The molecule has 142 valence electrons. The molecular weight excluding hydrogens is 338 g/mol. The largest absolute Gasteiger partial charge is 0.349 e. The Bertz CT molecular complexity index is 802. The van der Waals surface area contributed by atoms with Crippen LogP contribution in [0.5, 0.6) is 0 Å². The quantitative estimate of drug-likeness (QED) is 0.746. The highest BCUT2D eigenvalue weighted by Gasteiger charge is 2.32. The molecule has 1 unspecified atom stereocenters. The number of urea groups is 1. The number of para-hydroxylation sites is 1. The molecule has 0 saturated heterocycles. The Kier molecular flexibility index (Phi) is 5.79. The number of hydrogen-bond donors (Lipinski definition) is 3. The minimum atomic E-state index is -0.307. The van der Waals surface area contributed by atoms with Crippen molar-refractivity contribution < 1.29 is 9.59 Å². The summed E-state index contributed by atoms with van der Waals surface area (Å²) in [6.45, 7) is 4.79. The molecule has 3 N–H and O–H groups in total. The number of carbonyl (C=O) groups is 2. The summed E-state index contributed by atoms with van der Waals surface area (Å²) in [5.74, 6) is -0.0467. The van der Waals surface area contributed by atoms with Crippen LogP contribution in [0.3, 0.4) is 0 Å². The van der Waals surface area contributed by atoms with Gasteiger partial charge >= 0.3 is 6.03 Å². The fraction of sp³-hybridized carbons (Fsp3) is 0.364. The molecule has 0 saturated carbocycles. The maximum absolute atomic E-state index is 12.3. The minimum absolute atomic E-state index is 0.0415. The number of anilines is 1. The molecule has 3 amide bonds. The van der Waals surface area contributed by atoms with E-state index in [1.807, 2.05) is 36.4 Å². The van der Waals surface area contributed by atoms with Crippen LogP contribution in [-0.4, -0.2) is 18.5 Å². The van der Waals surface area contributed by atoms with Gasteiger partial charge in [-0.2, -0.15) is 0 Å². The van der Waals surface area contributed by atoms with E-state index in [9.17, 15) is 9.59 Å². The predicted molar refractivity (Wildman–Crippen MR) is 108 cm³/mol. The molecule has 0 aliphatic heterocycles. The van der Waals surface area contributed by atoms with Gasteiger partial charge in [0.2, 0.25) is 5.91 Å².